The van der Waals surface area contributed by atoms with E-state index >= 15 is 0 Å². The molecule has 0 radical (unpaired) electrons. The minimum atomic E-state index is -0.787. The molecule has 4 rings (SSSR count). The SMILES string of the molecule is CC(C)[C@H](C(=O)N1CC(O)CC1C(=O)N[C@@H](C)c1ccc(C#N)cc1)c1cc(N2CCNCC2)no1. The molecule has 0 spiro atoms. The van der Waals surface area contributed by atoms with Crippen molar-refractivity contribution in [1.29, 1.82) is 5.26 Å². The molecule has 2 aliphatic heterocycles. The zero-order valence-electron chi connectivity index (χ0n) is 21.0. The Morgan fingerprint density at radius 2 is 1.92 bits per heavy atom. The lowest BCUT2D eigenvalue weighted by atomic mass is 9.91. The van der Waals surface area contributed by atoms with Crippen LogP contribution in [0.25, 0.3) is 0 Å². The number of nitrogens with zero attached hydrogens (tertiary/aromatic N) is 4. The van der Waals surface area contributed by atoms with E-state index in [-0.39, 0.29) is 36.7 Å². The highest BCUT2D eigenvalue weighted by Gasteiger charge is 2.43. The summed E-state index contributed by atoms with van der Waals surface area (Å²) >= 11 is 0. The Bertz CT molecular complexity index is 1100. The molecule has 192 valence electrons. The van der Waals surface area contributed by atoms with Crippen LogP contribution in [-0.2, 0) is 9.59 Å². The number of amides is 2. The highest BCUT2D eigenvalue weighted by atomic mass is 16.5. The number of aromatic nitrogens is 1. The van der Waals surface area contributed by atoms with Crippen molar-refractivity contribution in [3.8, 4) is 6.07 Å². The summed E-state index contributed by atoms with van der Waals surface area (Å²) in [6, 6.07) is 9.78. The van der Waals surface area contributed by atoms with Crippen LogP contribution in [0.1, 0.15) is 56.0 Å². The van der Waals surface area contributed by atoms with Crippen LogP contribution in [0, 0.1) is 17.2 Å². The molecule has 0 saturated carbocycles. The molecule has 3 heterocycles. The Kier molecular flexibility index (Phi) is 7.91. The van der Waals surface area contributed by atoms with E-state index in [1.807, 2.05) is 26.8 Å². The number of benzene rings is 1. The Labute approximate surface area is 211 Å². The first kappa shape index (κ1) is 25.7. The normalized spacial score (nSPS) is 21.8. The van der Waals surface area contributed by atoms with Crippen LogP contribution in [0.3, 0.4) is 0 Å². The molecule has 2 fully saturated rings. The summed E-state index contributed by atoms with van der Waals surface area (Å²) in [4.78, 5) is 30.6. The molecule has 2 aromatic rings. The second kappa shape index (κ2) is 11.1. The first-order valence-electron chi connectivity index (χ1n) is 12.5. The van der Waals surface area contributed by atoms with Crippen molar-refractivity contribution in [3.63, 3.8) is 0 Å². The zero-order chi connectivity index (χ0) is 25.8. The highest BCUT2D eigenvalue weighted by molar-refractivity contribution is 5.91. The van der Waals surface area contributed by atoms with E-state index < -0.39 is 18.1 Å². The number of anilines is 1. The Hall–Kier alpha value is -3.42. The van der Waals surface area contributed by atoms with E-state index in [0.29, 0.717) is 17.1 Å². The van der Waals surface area contributed by atoms with Gasteiger partial charge < -0.3 is 30.1 Å². The number of β-amino-alcohol motifs (C(OH)–C–C–N with tert-alkyl or cyclic N) is 1. The quantitative estimate of drug-likeness (QED) is 0.528. The maximum Gasteiger partial charge on any atom is 0.243 e. The molecule has 1 aromatic carbocycles. The summed E-state index contributed by atoms with van der Waals surface area (Å²) in [7, 11) is 0. The van der Waals surface area contributed by atoms with Gasteiger partial charge in [0.1, 0.15) is 12.0 Å². The number of nitrogens with one attached hydrogen (secondary N) is 2. The maximum atomic E-state index is 13.8. The number of carbonyl (C=O) groups excluding carboxylic acids is 2. The molecule has 2 unspecified atom stereocenters. The number of likely N-dealkylation sites (tertiary alicyclic amines) is 1. The average molecular weight is 495 g/mol. The molecule has 2 aliphatic rings. The number of aliphatic hydroxyl groups is 1. The number of rotatable bonds is 7. The first-order valence-corrected chi connectivity index (χ1v) is 12.5. The smallest absolute Gasteiger partial charge is 0.243 e. The van der Waals surface area contributed by atoms with Gasteiger partial charge in [-0.25, -0.2) is 0 Å². The van der Waals surface area contributed by atoms with Crippen LogP contribution < -0.4 is 15.5 Å². The third-order valence-corrected chi connectivity index (χ3v) is 6.96. The molecule has 3 N–H and O–H groups in total. The van der Waals surface area contributed by atoms with Gasteiger partial charge in [0.25, 0.3) is 0 Å². The molecule has 2 saturated heterocycles. The lowest BCUT2D eigenvalue weighted by Gasteiger charge is -2.29. The molecule has 10 nitrogen and oxygen atoms in total. The second-order valence-corrected chi connectivity index (χ2v) is 9.91. The third-order valence-electron chi connectivity index (χ3n) is 6.96. The van der Waals surface area contributed by atoms with Crippen LogP contribution in [0.15, 0.2) is 34.9 Å². The van der Waals surface area contributed by atoms with Crippen molar-refractivity contribution in [2.24, 2.45) is 5.92 Å². The van der Waals surface area contributed by atoms with Crippen molar-refractivity contribution < 1.29 is 19.2 Å². The van der Waals surface area contributed by atoms with Gasteiger partial charge in [-0.3, -0.25) is 9.59 Å². The maximum absolute atomic E-state index is 13.8. The molecule has 10 heteroatoms. The fourth-order valence-electron chi connectivity index (χ4n) is 4.93. The van der Waals surface area contributed by atoms with Crippen LogP contribution in [0.4, 0.5) is 5.82 Å². The fourth-order valence-corrected chi connectivity index (χ4v) is 4.93. The summed E-state index contributed by atoms with van der Waals surface area (Å²) in [5, 5.41) is 29.9. The van der Waals surface area contributed by atoms with Crippen LogP contribution in [0.2, 0.25) is 0 Å². The van der Waals surface area contributed by atoms with Gasteiger partial charge in [0.05, 0.1) is 23.8 Å². The molecular formula is C26H34N6O4. The number of hydrogen-bond donors (Lipinski definition) is 3. The molecular weight excluding hydrogens is 460 g/mol. The van der Waals surface area contributed by atoms with Crippen molar-refractivity contribution in [2.45, 2.75) is 51.3 Å². The summed E-state index contributed by atoms with van der Waals surface area (Å²) in [5.41, 5.74) is 1.39. The standard InChI is InChI=1S/C26H34N6O4/c1-16(2)24(22-13-23(30-36-22)31-10-8-28-9-11-31)26(35)32-15-20(33)12-21(32)25(34)29-17(3)19-6-4-18(14-27)5-7-19/h4-7,13,16-17,20-21,24,28,33H,8-12,15H2,1-3H3,(H,29,34)/t17-,20?,21?,24-/m0/s1. The number of piperazine rings is 1. The van der Waals surface area contributed by atoms with Gasteiger partial charge in [-0.1, -0.05) is 31.1 Å². The topological polar surface area (TPSA) is 135 Å². The van der Waals surface area contributed by atoms with Crippen molar-refractivity contribution in [1.82, 2.24) is 20.7 Å². The largest absolute Gasteiger partial charge is 0.391 e. The molecule has 1 aromatic heterocycles. The monoisotopic (exact) mass is 494 g/mol. The lowest BCUT2D eigenvalue weighted by Crippen LogP contribution is -2.48. The van der Waals surface area contributed by atoms with E-state index in [4.69, 9.17) is 9.78 Å². The minimum absolute atomic E-state index is 0.0875. The molecule has 0 bridgehead atoms. The average Bonchev–Trinajstić information content (AvgIpc) is 3.51. The molecule has 4 atom stereocenters. The van der Waals surface area contributed by atoms with Gasteiger partial charge in [0, 0.05) is 45.2 Å². The summed E-state index contributed by atoms with van der Waals surface area (Å²) in [6.07, 6.45) is -0.612. The van der Waals surface area contributed by atoms with Gasteiger partial charge in [-0.15, -0.1) is 0 Å². The summed E-state index contributed by atoms with van der Waals surface area (Å²) in [6.45, 7) is 9.14. The highest BCUT2D eigenvalue weighted by Crippen LogP contribution is 2.33. The van der Waals surface area contributed by atoms with Gasteiger partial charge in [0.15, 0.2) is 11.6 Å². The van der Waals surface area contributed by atoms with E-state index in [2.05, 4.69) is 26.8 Å². The number of hydrogen-bond acceptors (Lipinski definition) is 8. The lowest BCUT2D eigenvalue weighted by molar-refractivity contribution is -0.141. The predicted molar refractivity (Wildman–Crippen MR) is 133 cm³/mol. The predicted octanol–water partition coefficient (Wildman–Crippen LogP) is 1.53. The van der Waals surface area contributed by atoms with Crippen LogP contribution >= 0.6 is 0 Å². The molecule has 2 amide bonds. The van der Waals surface area contributed by atoms with Gasteiger partial charge >= 0.3 is 0 Å². The van der Waals surface area contributed by atoms with Crippen molar-refractivity contribution in [3.05, 3.63) is 47.2 Å². The summed E-state index contributed by atoms with van der Waals surface area (Å²) < 4.78 is 5.64. The first-order chi connectivity index (χ1) is 17.3. The van der Waals surface area contributed by atoms with E-state index in [1.54, 1.807) is 24.3 Å². The number of nitriles is 1. The van der Waals surface area contributed by atoms with Crippen LogP contribution in [0.5, 0.6) is 0 Å². The summed E-state index contributed by atoms with van der Waals surface area (Å²) in [5.74, 6) is -0.118. The Balaban J connectivity index is 1.49. The number of carbonyl (C=O) groups is 2. The van der Waals surface area contributed by atoms with Gasteiger partial charge in [-0.05, 0) is 30.5 Å². The van der Waals surface area contributed by atoms with Gasteiger partial charge in [0.2, 0.25) is 11.8 Å². The zero-order valence-corrected chi connectivity index (χ0v) is 21.0. The third kappa shape index (κ3) is 5.53. The van der Waals surface area contributed by atoms with Gasteiger partial charge in [-0.2, -0.15) is 5.26 Å². The van der Waals surface area contributed by atoms with Crippen molar-refractivity contribution in [2.75, 3.05) is 37.6 Å². The Morgan fingerprint density at radius 1 is 1.22 bits per heavy atom. The Morgan fingerprint density at radius 3 is 2.56 bits per heavy atom. The molecule has 36 heavy (non-hydrogen) atoms. The number of aliphatic hydroxyl groups excluding tert-OH is 1. The minimum Gasteiger partial charge on any atom is -0.391 e. The van der Waals surface area contributed by atoms with E-state index in [0.717, 1.165) is 31.7 Å². The van der Waals surface area contributed by atoms with E-state index in [9.17, 15) is 14.7 Å². The van der Waals surface area contributed by atoms with Crippen LogP contribution in [-0.4, -0.2) is 71.8 Å². The second-order valence-electron chi connectivity index (χ2n) is 9.91. The van der Waals surface area contributed by atoms with Crippen molar-refractivity contribution >= 4 is 17.6 Å². The van der Waals surface area contributed by atoms with E-state index in [1.165, 1.54) is 4.90 Å². The fraction of sp³-hybridized carbons (Fsp3) is 0.538. The molecule has 0 aliphatic carbocycles.